The van der Waals surface area contributed by atoms with E-state index in [1.165, 1.54) is 5.57 Å². The van der Waals surface area contributed by atoms with Crippen LogP contribution in [-0.4, -0.2) is 25.0 Å². The molecule has 5 nitrogen and oxygen atoms in total. The van der Waals surface area contributed by atoms with Crippen molar-refractivity contribution in [2.75, 3.05) is 13.1 Å². The Morgan fingerprint density at radius 2 is 2.27 bits per heavy atom. The monoisotopic (exact) mass is 206 g/mol. The Bertz CT molecular complexity index is 360. The van der Waals surface area contributed by atoms with Gasteiger partial charge in [0.15, 0.2) is 0 Å². The average Bonchev–Trinajstić information content (AvgIpc) is 2.51. The first-order valence-electron chi connectivity index (χ1n) is 5.29. The van der Waals surface area contributed by atoms with Gasteiger partial charge in [0, 0.05) is 19.1 Å². The molecule has 2 atom stereocenters. The van der Waals surface area contributed by atoms with Crippen molar-refractivity contribution in [2.45, 2.75) is 12.5 Å². The molecule has 0 aromatic heterocycles. The number of hydrogen-bond donors (Lipinski definition) is 4. The maximum absolute atomic E-state index is 11.5. The zero-order valence-corrected chi connectivity index (χ0v) is 8.34. The van der Waals surface area contributed by atoms with Crippen molar-refractivity contribution < 1.29 is 4.79 Å². The van der Waals surface area contributed by atoms with Gasteiger partial charge in [-0.2, -0.15) is 0 Å². The van der Waals surface area contributed by atoms with Gasteiger partial charge >= 0.3 is 0 Å². The van der Waals surface area contributed by atoms with E-state index in [1.807, 2.05) is 6.20 Å². The number of hydrogen-bond acceptors (Lipinski definition) is 4. The number of fused-ring (bicyclic) bond motifs is 2. The third kappa shape index (κ3) is 1.31. The fraction of sp³-hybridized carbons (Fsp3) is 0.500. The molecule has 3 heterocycles. The summed E-state index contributed by atoms with van der Waals surface area (Å²) in [6, 6.07) is 0.364. The van der Waals surface area contributed by atoms with E-state index in [1.54, 1.807) is 0 Å². The van der Waals surface area contributed by atoms with Crippen molar-refractivity contribution >= 4 is 5.91 Å². The standard InChI is InChI=1S/C10H14N4O/c15-10-7-5-12-8-2-4-11-3-1-6(8)9(7)13-14-10/h1,3,7-8,11-13H,2,4-5H2,(H,14,15). The van der Waals surface area contributed by atoms with E-state index in [0.717, 1.165) is 25.2 Å². The minimum Gasteiger partial charge on any atom is -0.391 e. The van der Waals surface area contributed by atoms with Crippen LogP contribution in [0.15, 0.2) is 23.5 Å². The number of nitrogens with one attached hydrogen (secondary N) is 4. The number of amides is 1. The van der Waals surface area contributed by atoms with Crippen LogP contribution >= 0.6 is 0 Å². The van der Waals surface area contributed by atoms with E-state index in [2.05, 4.69) is 27.6 Å². The molecule has 1 fully saturated rings. The van der Waals surface area contributed by atoms with Crippen LogP contribution in [0.3, 0.4) is 0 Å². The molecule has 1 amide bonds. The van der Waals surface area contributed by atoms with Crippen molar-refractivity contribution in [1.82, 2.24) is 21.5 Å². The highest BCUT2D eigenvalue weighted by molar-refractivity contribution is 5.85. The zero-order chi connectivity index (χ0) is 10.3. The first-order valence-corrected chi connectivity index (χ1v) is 5.29. The first-order chi connectivity index (χ1) is 7.36. The molecule has 0 aromatic carbocycles. The normalized spacial score (nSPS) is 33.5. The van der Waals surface area contributed by atoms with Gasteiger partial charge in [-0.05, 0) is 24.3 Å². The van der Waals surface area contributed by atoms with Gasteiger partial charge in [0.05, 0.1) is 11.6 Å². The minimum atomic E-state index is -0.0426. The Kier molecular flexibility index (Phi) is 1.92. The summed E-state index contributed by atoms with van der Waals surface area (Å²) < 4.78 is 0. The quantitative estimate of drug-likeness (QED) is 0.409. The molecule has 4 N–H and O–H groups in total. The smallest absolute Gasteiger partial charge is 0.248 e. The predicted octanol–water partition coefficient (Wildman–Crippen LogP) is -1.03. The number of rotatable bonds is 0. The molecule has 1 saturated heterocycles. The average molecular weight is 206 g/mol. The second-order valence-corrected chi connectivity index (χ2v) is 4.07. The highest BCUT2D eigenvalue weighted by Gasteiger charge is 2.37. The molecule has 0 aliphatic carbocycles. The van der Waals surface area contributed by atoms with Gasteiger partial charge in [0.25, 0.3) is 0 Å². The Labute approximate surface area is 88.0 Å². The van der Waals surface area contributed by atoms with Crippen LogP contribution in [0.5, 0.6) is 0 Å². The number of hydrazine groups is 1. The van der Waals surface area contributed by atoms with Crippen molar-refractivity contribution in [1.29, 1.82) is 0 Å². The first kappa shape index (κ1) is 8.79. The van der Waals surface area contributed by atoms with Gasteiger partial charge in [-0.15, -0.1) is 0 Å². The Morgan fingerprint density at radius 3 is 3.20 bits per heavy atom. The summed E-state index contributed by atoms with van der Waals surface area (Å²) >= 11 is 0. The van der Waals surface area contributed by atoms with Gasteiger partial charge in [-0.3, -0.25) is 10.2 Å². The summed E-state index contributed by atoms with van der Waals surface area (Å²) in [7, 11) is 0. The van der Waals surface area contributed by atoms with Crippen LogP contribution in [0.2, 0.25) is 0 Å². The van der Waals surface area contributed by atoms with Gasteiger partial charge in [-0.1, -0.05) is 0 Å². The molecule has 3 aliphatic rings. The number of carbonyl (C=O) groups excluding carboxylic acids is 1. The van der Waals surface area contributed by atoms with Gasteiger partial charge in [0.2, 0.25) is 5.91 Å². The topological polar surface area (TPSA) is 65.2 Å². The molecule has 15 heavy (non-hydrogen) atoms. The molecule has 3 aliphatic heterocycles. The van der Waals surface area contributed by atoms with Crippen LogP contribution in [-0.2, 0) is 4.79 Å². The molecule has 3 rings (SSSR count). The summed E-state index contributed by atoms with van der Waals surface area (Å²) in [6.45, 7) is 1.70. The van der Waals surface area contributed by atoms with E-state index in [4.69, 9.17) is 0 Å². The van der Waals surface area contributed by atoms with Crippen molar-refractivity contribution in [3.05, 3.63) is 23.5 Å². The van der Waals surface area contributed by atoms with Crippen LogP contribution in [0.25, 0.3) is 0 Å². The largest absolute Gasteiger partial charge is 0.391 e. The molecule has 2 unspecified atom stereocenters. The van der Waals surface area contributed by atoms with Crippen molar-refractivity contribution in [2.24, 2.45) is 5.92 Å². The van der Waals surface area contributed by atoms with E-state index < -0.39 is 0 Å². The lowest BCUT2D eigenvalue weighted by Gasteiger charge is -2.27. The van der Waals surface area contributed by atoms with E-state index in [0.29, 0.717) is 6.04 Å². The van der Waals surface area contributed by atoms with Gasteiger partial charge in [-0.25, -0.2) is 0 Å². The highest BCUT2D eigenvalue weighted by Crippen LogP contribution is 2.26. The van der Waals surface area contributed by atoms with Gasteiger partial charge in [0.1, 0.15) is 0 Å². The maximum atomic E-state index is 11.5. The van der Waals surface area contributed by atoms with Crippen LogP contribution in [0.4, 0.5) is 0 Å². The Hall–Kier alpha value is -1.49. The summed E-state index contributed by atoms with van der Waals surface area (Å²) in [5, 5.41) is 6.62. The molecule has 0 radical (unpaired) electrons. The third-order valence-corrected chi connectivity index (χ3v) is 3.20. The summed E-state index contributed by atoms with van der Waals surface area (Å²) in [5.74, 6) is 0.0213. The van der Waals surface area contributed by atoms with E-state index in [-0.39, 0.29) is 11.8 Å². The second-order valence-electron chi connectivity index (χ2n) is 4.07. The molecule has 0 aromatic rings. The van der Waals surface area contributed by atoms with Gasteiger partial charge < -0.3 is 16.1 Å². The molecule has 0 spiro atoms. The summed E-state index contributed by atoms with van der Waals surface area (Å²) in [6.07, 6.45) is 5.06. The molecule has 0 bridgehead atoms. The SMILES string of the molecule is O=C1NNC2=C3C=CNCCC3NCC12. The van der Waals surface area contributed by atoms with Crippen LogP contribution in [0, 0.1) is 5.92 Å². The zero-order valence-electron chi connectivity index (χ0n) is 8.34. The molecule has 0 saturated carbocycles. The van der Waals surface area contributed by atoms with Crippen LogP contribution < -0.4 is 21.5 Å². The highest BCUT2D eigenvalue weighted by atomic mass is 16.2. The van der Waals surface area contributed by atoms with E-state index >= 15 is 0 Å². The maximum Gasteiger partial charge on any atom is 0.248 e. The Balaban J connectivity index is 2.02. The second kappa shape index (κ2) is 3.27. The summed E-state index contributed by atoms with van der Waals surface area (Å²) in [4.78, 5) is 11.5. The minimum absolute atomic E-state index is 0.0426. The molecular formula is C10H14N4O. The van der Waals surface area contributed by atoms with Crippen molar-refractivity contribution in [3.63, 3.8) is 0 Å². The lowest BCUT2D eigenvalue weighted by molar-refractivity contribution is -0.122. The Morgan fingerprint density at radius 1 is 1.33 bits per heavy atom. The molecule has 80 valence electrons. The molecular weight excluding hydrogens is 192 g/mol. The van der Waals surface area contributed by atoms with E-state index in [9.17, 15) is 4.79 Å². The number of carbonyl (C=O) groups is 1. The van der Waals surface area contributed by atoms with Crippen molar-refractivity contribution in [3.8, 4) is 0 Å². The third-order valence-electron chi connectivity index (χ3n) is 3.20. The molecule has 5 heteroatoms. The van der Waals surface area contributed by atoms with Crippen LogP contribution in [0.1, 0.15) is 6.42 Å². The fourth-order valence-corrected chi connectivity index (χ4v) is 2.38. The predicted molar refractivity (Wildman–Crippen MR) is 55.3 cm³/mol. The lowest BCUT2D eigenvalue weighted by atomic mass is 9.91. The fourth-order valence-electron chi connectivity index (χ4n) is 2.38. The lowest BCUT2D eigenvalue weighted by Crippen LogP contribution is -2.42. The summed E-state index contributed by atoms with van der Waals surface area (Å²) in [5.41, 5.74) is 7.92.